The molecule has 0 radical (unpaired) electrons. The quantitative estimate of drug-likeness (QED) is 0.836. The lowest BCUT2D eigenvalue weighted by atomic mass is 10.00. The highest BCUT2D eigenvalue weighted by atomic mass is 16.4. The van der Waals surface area contributed by atoms with Crippen molar-refractivity contribution in [3.8, 4) is 0 Å². The van der Waals surface area contributed by atoms with Gasteiger partial charge in [-0.25, -0.2) is 0 Å². The summed E-state index contributed by atoms with van der Waals surface area (Å²) in [5.74, 6) is -1.03. The molecule has 18 heavy (non-hydrogen) atoms. The molecule has 0 aliphatic heterocycles. The van der Waals surface area contributed by atoms with Crippen molar-refractivity contribution in [2.75, 3.05) is 13.6 Å². The molecule has 0 aromatic heterocycles. The maximum atomic E-state index is 12.0. The summed E-state index contributed by atoms with van der Waals surface area (Å²) in [4.78, 5) is 23.9. The van der Waals surface area contributed by atoms with Gasteiger partial charge in [0.1, 0.15) is 0 Å². The summed E-state index contributed by atoms with van der Waals surface area (Å²) in [6, 6.07) is 9.80. The SMILES string of the molecule is C[C@@H](Cc1ccccc1)C(=O)N(C)CCC(=O)O. The lowest BCUT2D eigenvalue weighted by Crippen LogP contribution is -2.34. The van der Waals surface area contributed by atoms with E-state index in [-0.39, 0.29) is 24.8 Å². The molecule has 1 rings (SSSR count). The summed E-state index contributed by atoms with van der Waals surface area (Å²) in [5, 5.41) is 8.58. The summed E-state index contributed by atoms with van der Waals surface area (Å²) in [5.41, 5.74) is 1.12. The Morgan fingerprint density at radius 2 is 1.89 bits per heavy atom. The molecule has 4 nitrogen and oxygen atoms in total. The zero-order valence-corrected chi connectivity index (χ0v) is 10.8. The maximum absolute atomic E-state index is 12.0. The standard InChI is InChI=1S/C14H19NO3/c1-11(10-12-6-4-3-5-7-12)14(18)15(2)9-8-13(16)17/h3-7,11H,8-10H2,1-2H3,(H,16,17)/t11-/m0/s1. The van der Waals surface area contributed by atoms with Crippen LogP contribution >= 0.6 is 0 Å². The van der Waals surface area contributed by atoms with Crippen LogP contribution in [0, 0.1) is 5.92 Å². The first-order chi connectivity index (χ1) is 8.50. The van der Waals surface area contributed by atoms with Crippen LogP contribution in [-0.4, -0.2) is 35.5 Å². The predicted molar refractivity (Wildman–Crippen MR) is 69.2 cm³/mol. The van der Waals surface area contributed by atoms with Crippen LogP contribution in [0.2, 0.25) is 0 Å². The molecule has 98 valence electrons. The molecule has 1 amide bonds. The van der Waals surface area contributed by atoms with E-state index in [1.165, 1.54) is 4.90 Å². The van der Waals surface area contributed by atoms with E-state index in [0.29, 0.717) is 6.42 Å². The van der Waals surface area contributed by atoms with Gasteiger partial charge in [0.15, 0.2) is 0 Å². The van der Waals surface area contributed by atoms with Crippen molar-refractivity contribution in [3.05, 3.63) is 35.9 Å². The molecule has 0 fully saturated rings. The second kappa shape index (κ2) is 6.79. The van der Waals surface area contributed by atoms with Crippen molar-refractivity contribution in [2.24, 2.45) is 5.92 Å². The van der Waals surface area contributed by atoms with E-state index in [0.717, 1.165) is 5.56 Å². The van der Waals surface area contributed by atoms with Crippen LogP contribution < -0.4 is 0 Å². The van der Waals surface area contributed by atoms with Crippen molar-refractivity contribution in [1.29, 1.82) is 0 Å². The number of aliphatic carboxylic acids is 1. The third-order valence-electron chi connectivity index (χ3n) is 2.84. The van der Waals surface area contributed by atoms with Gasteiger partial charge in [-0.3, -0.25) is 9.59 Å². The summed E-state index contributed by atoms with van der Waals surface area (Å²) in [7, 11) is 1.65. The van der Waals surface area contributed by atoms with Gasteiger partial charge in [0.25, 0.3) is 0 Å². The zero-order chi connectivity index (χ0) is 13.5. The Kier molecular flexibility index (Phi) is 5.36. The smallest absolute Gasteiger partial charge is 0.305 e. The van der Waals surface area contributed by atoms with E-state index < -0.39 is 5.97 Å². The average molecular weight is 249 g/mol. The van der Waals surface area contributed by atoms with Crippen LogP contribution in [0.5, 0.6) is 0 Å². The van der Waals surface area contributed by atoms with E-state index in [2.05, 4.69) is 0 Å². The molecular formula is C14H19NO3. The Bertz CT molecular complexity index is 403. The molecule has 0 aliphatic rings. The lowest BCUT2D eigenvalue weighted by molar-refractivity contribution is -0.139. The molecule has 0 saturated carbocycles. The molecule has 0 bridgehead atoms. The van der Waals surface area contributed by atoms with Gasteiger partial charge in [-0.15, -0.1) is 0 Å². The van der Waals surface area contributed by atoms with Crippen LogP contribution in [0.3, 0.4) is 0 Å². The monoisotopic (exact) mass is 249 g/mol. The molecule has 1 N–H and O–H groups in total. The van der Waals surface area contributed by atoms with Crippen LogP contribution in [0.25, 0.3) is 0 Å². The number of amides is 1. The Morgan fingerprint density at radius 3 is 2.44 bits per heavy atom. The number of hydrogen-bond donors (Lipinski definition) is 1. The van der Waals surface area contributed by atoms with Crippen molar-refractivity contribution in [3.63, 3.8) is 0 Å². The number of nitrogens with zero attached hydrogens (tertiary/aromatic N) is 1. The van der Waals surface area contributed by atoms with E-state index in [4.69, 9.17) is 5.11 Å². The molecule has 1 aromatic carbocycles. The van der Waals surface area contributed by atoms with Crippen LogP contribution in [0.1, 0.15) is 18.9 Å². The molecule has 1 atom stereocenters. The summed E-state index contributed by atoms with van der Waals surface area (Å²) >= 11 is 0. The maximum Gasteiger partial charge on any atom is 0.305 e. The Balaban J connectivity index is 2.48. The molecule has 0 spiro atoms. The Hall–Kier alpha value is -1.84. The first-order valence-corrected chi connectivity index (χ1v) is 6.01. The zero-order valence-electron chi connectivity index (χ0n) is 10.8. The van der Waals surface area contributed by atoms with Gasteiger partial charge in [0, 0.05) is 19.5 Å². The number of carboxylic acid groups (broad SMARTS) is 1. The molecule has 0 heterocycles. The molecule has 1 aromatic rings. The van der Waals surface area contributed by atoms with Crippen LogP contribution in [0.15, 0.2) is 30.3 Å². The fourth-order valence-electron chi connectivity index (χ4n) is 1.80. The van der Waals surface area contributed by atoms with Gasteiger partial charge in [0.05, 0.1) is 6.42 Å². The minimum Gasteiger partial charge on any atom is -0.481 e. The van der Waals surface area contributed by atoms with E-state index >= 15 is 0 Å². The summed E-state index contributed by atoms with van der Waals surface area (Å²) in [6.45, 7) is 2.12. The number of carbonyl (C=O) groups is 2. The van der Waals surface area contributed by atoms with Crippen molar-refractivity contribution >= 4 is 11.9 Å². The van der Waals surface area contributed by atoms with Gasteiger partial charge in [-0.2, -0.15) is 0 Å². The second-order valence-corrected chi connectivity index (χ2v) is 4.49. The minimum atomic E-state index is -0.884. The number of carboxylic acids is 1. The number of hydrogen-bond acceptors (Lipinski definition) is 2. The van der Waals surface area contributed by atoms with Gasteiger partial charge in [-0.1, -0.05) is 37.3 Å². The molecule has 0 aliphatic carbocycles. The average Bonchev–Trinajstić information content (AvgIpc) is 2.36. The highest BCUT2D eigenvalue weighted by molar-refractivity contribution is 5.79. The highest BCUT2D eigenvalue weighted by Gasteiger charge is 2.18. The van der Waals surface area contributed by atoms with Crippen molar-refractivity contribution in [2.45, 2.75) is 19.8 Å². The molecular weight excluding hydrogens is 230 g/mol. The molecule has 4 heteroatoms. The predicted octanol–water partition coefficient (Wildman–Crippen LogP) is 1.80. The van der Waals surface area contributed by atoms with Gasteiger partial charge >= 0.3 is 5.97 Å². The summed E-state index contributed by atoms with van der Waals surface area (Å²) in [6.07, 6.45) is 0.664. The number of benzene rings is 1. The van der Waals surface area contributed by atoms with Crippen molar-refractivity contribution < 1.29 is 14.7 Å². The van der Waals surface area contributed by atoms with Gasteiger partial charge in [-0.05, 0) is 12.0 Å². The third kappa shape index (κ3) is 4.57. The molecule has 0 unspecified atom stereocenters. The highest BCUT2D eigenvalue weighted by Crippen LogP contribution is 2.10. The number of carbonyl (C=O) groups excluding carboxylic acids is 1. The van der Waals surface area contributed by atoms with Crippen LogP contribution in [0.4, 0.5) is 0 Å². The first-order valence-electron chi connectivity index (χ1n) is 6.01. The minimum absolute atomic E-state index is 0.0136. The lowest BCUT2D eigenvalue weighted by Gasteiger charge is -2.20. The van der Waals surface area contributed by atoms with E-state index in [1.807, 2.05) is 37.3 Å². The Labute approximate surface area is 107 Å². The largest absolute Gasteiger partial charge is 0.481 e. The van der Waals surface area contributed by atoms with E-state index in [9.17, 15) is 9.59 Å². The van der Waals surface area contributed by atoms with Crippen LogP contribution in [-0.2, 0) is 16.0 Å². The fraction of sp³-hybridized carbons (Fsp3) is 0.429. The summed E-state index contributed by atoms with van der Waals surface area (Å²) < 4.78 is 0. The normalized spacial score (nSPS) is 11.9. The van der Waals surface area contributed by atoms with E-state index in [1.54, 1.807) is 7.05 Å². The fourth-order valence-corrected chi connectivity index (χ4v) is 1.80. The van der Waals surface area contributed by atoms with Crippen molar-refractivity contribution in [1.82, 2.24) is 4.90 Å². The topological polar surface area (TPSA) is 57.6 Å². The second-order valence-electron chi connectivity index (χ2n) is 4.49. The van der Waals surface area contributed by atoms with Gasteiger partial charge < -0.3 is 10.0 Å². The number of rotatable bonds is 6. The third-order valence-corrected chi connectivity index (χ3v) is 2.84. The molecule has 0 saturated heterocycles. The van der Waals surface area contributed by atoms with Gasteiger partial charge in [0.2, 0.25) is 5.91 Å². The Morgan fingerprint density at radius 1 is 1.28 bits per heavy atom. The first kappa shape index (κ1) is 14.2.